The Morgan fingerprint density at radius 1 is 1.27 bits per heavy atom. The molecule has 120 valence electrons. The number of nitrogens with zero attached hydrogens (tertiary/aromatic N) is 2. The second kappa shape index (κ2) is 6.81. The maximum atomic E-state index is 12.2. The molecule has 5 heteroatoms. The van der Waals surface area contributed by atoms with Crippen molar-refractivity contribution in [2.75, 3.05) is 13.1 Å². The van der Waals surface area contributed by atoms with Gasteiger partial charge in [0.05, 0.1) is 5.92 Å². The summed E-state index contributed by atoms with van der Waals surface area (Å²) in [4.78, 5) is 14.2. The number of carbonyl (C=O) groups excluding carboxylic acids is 1. The van der Waals surface area contributed by atoms with E-state index in [4.69, 9.17) is 10.6 Å². The van der Waals surface area contributed by atoms with Crippen LogP contribution in [0.2, 0.25) is 0 Å². The molecule has 0 amide bonds. The molecule has 22 heavy (non-hydrogen) atoms. The number of nitrogens with two attached hydrogens (primary N) is 1. The van der Waals surface area contributed by atoms with Crippen LogP contribution in [0.25, 0.3) is 0 Å². The first-order valence-electron chi connectivity index (χ1n) is 7.70. The van der Waals surface area contributed by atoms with E-state index in [1.165, 1.54) is 5.56 Å². The number of rotatable bonds is 3. The van der Waals surface area contributed by atoms with Crippen molar-refractivity contribution in [1.29, 1.82) is 0 Å². The summed E-state index contributed by atoms with van der Waals surface area (Å²) < 4.78 is 5.50. The summed E-state index contributed by atoms with van der Waals surface area (Å²) >= 11 is 0. The predicted octanol–water partition coefficient (Wildman–Crippen LogP) is 2.50. The highest BCUT2D eigenvalue weighted by molar-refractivity contribution is 5.75. The molecule has 0 atom stereocenters. The van der Waals surface area contributed by atoms with Gasteiger partial charge in [0.1, 0.15) is 12.1 Å². The van der Waals surface area contributed by atoms with Crippen LogP contribution in [0.3, 0.4) is 0 Å². The molecular formula is C17H25N3O2. The molecule has 0 bridgehead atoms. The van der Waals surface area contributed by atoms with Gasteiger partial charge in [-0.2, -0.15) is 5.10 Å². The lowest BCUT2D eigenvalue weighted by molar-refractivity contribution is -0.140. The lowest BCUT2D eigenvalue weighted by Crippen LogP contribution is -2.37. The fourth-order valence-electron chi connectivity index (χ4n) is 2.57. The smallest absolute Gasteiger partial charge is 0.314 e. The van der Waals surface area contributed by atoms with Crippen LogP contribution < -0.4 is 10.6 Å². The lowest BCUT2D eigenvalue weighted by Gasteiger charge is -2.28. The molecule has 1 saturated heterocycles. The molecule has 1 aliphatic heterocycles. The normalized spacial score (nSPS) is 17.0. The summed E-state index contributed by atoms with van der Waals surface area (Å²) in [5.41, 5.74) is 1.32. The van der Waals surface area contributed by atoms with Gasteiger partial charge in [0.2, 0.25) is 0 Å². The fraction of sp³-hybridized carbons (Fsp3) is 0.529. The molecule has 1 fully saturated rings. The first kappa shape index (κ1) is 16.3. The van der Waals surface area contributed by atoms with Gasteiger partial charge in [0.25, 0.3) is 0 Å². The van der Waals surface area contributed by atoms with E-state index in [0.29, 0.717) is 5.75 Å². The van der Waals surface area contributed by atoms with Crippen LogP contribution in [0, 0.1) is 5.92 Å². The Bertz CT molecular complexity index is 524. The zero-order chi connectivity index (χ0) is 16.2. The van der Waals surface area contributed by atoms with Crippen LogP contribution in [0.4, 0.5) is 0 Å². The summed E-state index contributed by atoms with van der Waals surface area (Å²) in [5, 5.41) is 3.51. The molecule has 0 radical (unpaired) electrons. The number of esters is 1. The number of hydrogen-bond donors (Lipinski definition) is 1. The van der Waals surface area contributed by atoms with Gasteiger partial charge in [-0.05, 0) is 36.0 Å². The number of ether oxygens (including phenoxy) is 1. The van der Waals surface area contributed by atoms with E-state index in [1.807, 2.05) is 29.2 Å². The third-order valence-electron chi connectivity index (χ3n) is 4.03. The monoisotopic (exact) mass is 303 g/mol. The topological polar surface area (TPSA) is 67.9 Å². The van der Waals surface area contributed by atoms with E-state index in [0.717, 1.165) is 25.9 Å². The maximum Gasteiger partial charge on any atom is 0.314 e. The Morgan fingerprint density at radius 2 is 1.86 bits per heavy atom. The van der Waals surface area contributed by atoms with Crippen molar-refractivity contribution in [3.63, 3.8) is 0 Å². The second-order valence-corrected chi connectivity index (χ2v) is 6.77. The van der Waals surface area contributed by atoms with Crippen molar-refractivity contribution < 1.29 is 9.53 Å². The van der Waals surface area contributed by atoms with Gasteiger partial charge in [-0.1, -0.05) is 32.9 Å². The quantitative estimate of drug-likeness (QED) is 0.233. The number of carbonyl (C=O) groups is 1. The number of benzene rings is 1. The van der Waals surface area contributed by atoms with Gasteiger partial charge < -0.3 is 15.5 Å². The molecule has 2 N–H and O–H groups in total. The van der Waals surface area contributed by atoms with Gasteiger partial charge in [0, 0.05) is 13.1 Å². The van der Waals surface area contributed by atoms with Gasteiger partial charge in [-0.3, -0.25) is 4.79 Å². The van der Waals surface area contributed by atoms with E-state index in [9.17, 15) is 4.79 Å². The standard InChI is InChI=1S/C17H25N3O2/c1-17(2,3)14-4-6-15(7-5-14)22-16(21)13-8-10-20(11-9-13)12-19-18/h4-7,12-13H,8-11,18H2,1-3H3. The zero-order valence-electron chi connectivity index (χ0n) is 13.6. The van der Waals surface area contributed by atoms with Gasteiger partial charge in [-0.15, -0.1) is 0 Å². The molecule has 0 aliphatic carbocycles. The molecule has 0 spiro atoms. The highest BCUT2D eigenvalue weighted by Crippen LogP contribution is 2.25. The molecule has 5 nitrogen and oxygen atoms in total. The minimum absolute atomic E-state index is 0.0512. The minimum atomic E-state index is -0.146. The van der Waals surface area contributed by atoms with Crippen molar-refractivity contribution in [1.82, 2.24) is 4.90 Å². The second-order valence-electron chi connectivity index (χ2n) is 6.77. The molecule has 2 rings (SSSR count). The Labute approximate surface area is 132 Å². The van der Waals surface area contributed by atoms with E-state index >= 15 is 0 Å². The molecule has 1 aliphatic rings. The Morgan fingerprint density at radius 3 is 2.36 bits per heavy atom. The first-order valence-corrected chi connectivity index (χ1v) is 7.70. The van der Waals surface area contributed by atoms with E-state index in [-0.39, 0.29) is 17.3 Å². The minimum Gasteiger partial charge on any atom is -0.426 e. The third kappa shape index (κ3) is 4.23. The number of hydrazone groups is 1. The third-order valence-corrected chi connectivity index (χ3v) is 4.03. The average molecular weight is 303 g/mol. The van der Waals surface area contributed by atoms with Crippen LogP contribution >= 0.6 is 0 Å². The van der Waals surface area contributed by atoms with Gasteiger partial charge >= 0.3 is 5.97 Å². The van der Waals surface area contributed by atoms with Crippen LogP contribution in [0.1, 0.15) is 39.2 Å². The van der Waals surface area contributed by atoms with Crippen LogP contribution in [0.15, 0.2) is 29.4 Å². The van der Waals surface area contributed by atoms with Crippen molar-refractivity contribution in [3.05, 3.63) is 29.8 Å². The first-order chi connectivity index (χ1) is 10.4. The lowest BCUT2D eigenvalue weighted by atomic mass is 9.87. The number of likely N-dealkylation sites (tertiary alicyclic amines) is 1. The molecular weight excluding hydrogens is 278 g/mol. The van der Waals surface area contributed by atoms with Gasteiger partial charge in [-0.25, -0.2) is 0 Å². The van der Waals surface area contributed by atoms with E-state index in [1.54, 1.807) is 6.34 Å². The summed E-state index contributed by atoms with van der Waals surface area (Å²) in [6.07, 6.45) is 3.16. The molecule has 1 aromatic carbocycles. The van der Waals surface area contributed by atoms with Crippen molar-refractivity contribution in [2.45, 2.75) is 39.0 Å². The maximum absolute atomic E-state index is 12.2. The van der Waals surface area contributed by atoms with E-state index < -0.39 is 0 Å². The molecule has 0 saturated carbocycles. The molecule has 1 heterocycles. The average Bonchev–Trinajstić information content (AvgIpc) is 2.48. The predicted molar refractivity (Wildman–Crippen MR) is 87.8 cm³/mol. The van der Waals surface area contributed by atoms with Crippen LogP contribution in [-0.4, -0.2) is 30.3 Å². The zero-order valence-corrected chi connectivity index (χ0v) is 13.6. The Balaban J connectivity index is 1.90. The van der Waals surface area contributed by atoms with Crippen molar-refractivity contribution >= 4 is 12.3 Å². The summed E-state index contributed by atoms with van der Waals surface area (Å²) in [6, 6.07) is 7.77. The Hall–Kier alpha value is -2.04. The largest absolute Gasteiger partial charge is 0.426 e. The van der Waals surface area contributed by atoms with Crippen molar-refractivity contribution in [3.8, 4) is 5.75 Å². The molecule has 0 unspecified atom stereocenters. The van der Waals surface area contributed by atoms with Gasteiger partial charge in [0.15, 0.2) is 0 Å². The summed E-state index contributed by atoms with van der Waals surface area (Å²) in [7, 11) is 0. The summed E-state index contributed by atoms with van der Waals surface area (Å²) in [6.45, 7) is 8.04. The SMILES string of the molecule is CC(C)(C)c1ccc(OC(=O)C2CCN(C=NN)CC2)cc1. The highest BCUT2D eigenvalue weighted by Gasteiger charge is 2.25. The highest BCUT2D eigenvalue weighted by atomic mass is 16.5. The molecule has 0 aromatic heterocycles. The van der Waals surface area contributed by atoms with E-state index in [2.05, 4.69) is 25.9 Å². The molecule has 1 aromatic rings. The number of piperidine rings is 1. The number of hydrogen-bond acceptors (Lipinski definition) is 4. The fourth-order valence-corrected chi connectivity index (χ4v) is 2.57. The Kier molecular flexibility index (Phi) is 5.06. The summed E-state index contributed by atoms with van der Waals surface area (Å²) in [5.74, 6) is 5.55. The van der Waals surface area contributed by atoms with Crippen molar-refractivity contribution in [2.24, 2.45) is 16.9 Å². The van der Waals surface area contributed by atoms with Crippen LogP contribution in [0.5, 0.6) is 5.75 Å². The van der Waals surface area contributed by atoms with Crippen LogP contribution in [-0.2, 0) is 10.2 Å².